The number of aryl methyl sites for hydroxylation is 2. The van der Waals surface area contributed by atoms with Crippen LogP contribution in [-0.4, -0.2) is 10.1 Å². The molecule has 0 amide bonds. The molecule has 0 atom stereocenters. The minimum atomic E-state index is -0.480. The van der Waals surface area contributed by atoms with E-state index in [0.29, 0.717) is 0 Å². The average Bonchev–Trinajstić information content (AvgIpc) is 2.78. The van der Waals surface area contributed by atoms with E-state index in [2.05, 4.69) is 12.1 Å². The van der Waals surface area contributed by atoms with Crippen molar-refractivity contribution in [3.8, 4) is 0 Å². The Morgan fingerprint density at radius 2 is 2.00 bits per heavy atom. The van der Waals surface area contributed by atoms with Crippen LogP contribution in [0.15, 0.2) is 28.8 Å². The van der Waals surface area contributed by atoms with Gasteiger partial charge in [-0.25, -0.2) is 0 Å². The zero-order valence-corrected chi connectivity index (χ0v) is 10.8. The Morgan fingerprint density at radius 3 is 2.58 bits per heavy atom. The summed E-state index contributed by atoms with van der Waals surface area (Å²) in [5.74, 6) is 0.214. The molecule has 0 bridgehead atoms. The van der Waals surface area contributed by atoms with Gasteiger partial charge in [0.1, 0.15) is 0 Å². The van der Waals surface area contributed by atoms with Crippen molar-refractivity contribution in [1.29, 1.82) is 0 Å². The highest BCUT2D eigenvalue weighted by Gasteiger charge is 2.21. The van der Waals surface area contributed by atoms with Gasteiger partial charge in [-0.3, -0.25) is 10.1 Å². The van der Waals surface area contributed by atoms with Crippen LogP contribution in [0.4, 0.5) is 5.69 Å². The lowest BCUT2D eigenvalue weighted by molar-refractivity contribution is -0.386. The quantitative estimate of drug-likeness (QED) is 0.620. The predicted molar refractivity (Wildman–Crippen MR) is 72.6 cm³/mol. The number of nitrogens with zero attached hydrogens (tertiary/aromatic N) is 2. The molecule has 0 aliphatic heterocycles. The van der Waals surface area contributed by atoms with Crippen molar-refractivity contribution in [2.24, 2.45) is 0 Å². The van der Waals surface area contributed by atoms with Crippen LogP contribution in [0.25, 0.3) is 12.2 Å². The number of benzene rings is 1. The molecule has 0 radical (unpaired) electrons. The minimum Gasteiger partial charge on any atom is -0.354 e. The molecule has 0 aliphatic rings. The van der Waals surface area contributed by atoms with Gasteiger partial charge in [0.25, 0.3) is 0 Å². The molecule has 0 saturated heterocycles. The predicted octanol–water partition coefficient (Wildman–Crippen LogP) is 3.62. The lowest BCUT2D eigenvalue weighted by Gasteiger charge is -1.96. The summed E-state index contributed by atoms with van der Waals surface area (Å²) in [5.41, 5.74) is 2.37. The second kappa shape index (κ2) is 5.48. The summed E-state index contributed by atoms with van der Waals surface area (Å²) in [7, 11) is 0. The largest absolute Gasteiger partial charge is 0.354 e. The molecule has 0 unspecified atom stereocenters. The van der Waals surface area contributed by atoms with E-state index in [4.69, 9.17) is 4.52 Å². The fourth-order valence-electron chi connectivity index (χ4n) is 1.76. The molecule has 5 nitrogen and oxygen atoms in total. The Bertz CT molecular complexity index is 612. The van der Waals surface area contributed by atoms with E-state index < -0.39 is 4.92 Å². The summed E-state index contributed by atoms with van der Waals surface area (Å²) in [6.07, 6.45) is 4.36. The van der Waals surface area contributed by atoms with E-state index in [9.17, 15) is 10.1 Å². The lowest BCUT2D eigenvalue weighted by atomic mass is 10.1. The van der Waals surface area contributed by atoms with Crippen molar-refractivity contribution in [1.82, 2.24) is 5.16 Å². The standard InChI is InChI=1S/C14H14N2O3/c1-3-11-4-6-12(7-5-11)8-9-13-14(16(17)18)10(2)19-15-13/h4-9H,3H2,1-2H3. The fourth-order valence-corrected chi connectivity index (χ4v) is 1.76. The number of hydrogen-bond donors (Lipinski definition) is 0. The SMILES string of the molecule is CCc1ccc(C=Cc2noc(C)c2[N+](=O)[O-])cc1. The molecule has 1 aromatic carbocycles. The molecule has 0 aliphatic carbocycles. The van der Waals surface area contributed by atoms with Gasteiger partial charge in [0, 0.05) is 6.92 Å². The highest BCUT2D eigenvalue weighted by atomic mass is 16.6. The first-order chi connectivity index (χ1) is 9.11. The Morgan fingerprint density at radius 1 is 1.32 bits per heavy atom. The maximum Gasteiger partial charge on any atom is 0.338 e. The number of rotatable bonds is 4. The first kappa shape index (κ1) is 13.0. The molecule has 0 saturated carbocycles. The second-order valence-electron chi connectivity index (χ2n) is 4.16. The van der Waals surface area contributed by atoms with Gasteiger partial charge in [-0.05, 0) is 23.6 Å². The first-order valence-corrected chi connectivity index (χ1v) is 5.99. The Balaban J connectivity index is 2.24. The van der Waals surface area contributed by atoms with Gasteiger partial charge in [-0.1, -0.05) is 42.4 Å². The van der Waals surface area contributed by atoms with Crippen molar-refractivity contribution >= 4 is 17.8 Å². The number of aromatic nitrogens is 1. The van der Waals surface area contributed by atoms with E-state index in [-0.39, 0.29) is 17.1 Å². The molecule has 5 heteroatoms. The molecule has 0 fully saturated rings. The minimum absolute atomic E-state index is 0.0820. The van der Waals surface area contributed by atoms with E-state index in [0.717, 1.165) is 12.0 Å². The summed E-state index contributed by atoms with van der Waals surface area (Å²) in [6.45, 7) is 3.62. The first-order valence-electron chi connectivity index (χ1n) is 5.99. The third-order valence-corrected chi connectivity index (χ3v) is 2.86. The molecule has 2 aromatic rings. The van der Waals surface area contributed by atoms with Crippen LogP contribution in [0.1, 0.15) is 29.5 Å². The Kier molecular flexibility index (Phi) is 3.75. The fraction of sp³-hybridized carbons (Fsp3) is 0.214. The molecular formula is C14H14N2O3. The van der Waals surface area contributed by atoms with Crippen LogP contribution in [0.3, 0.4) is 0 Å². The van der Waals surface area contributed by atoms with Gasteiger partial charge in [-0.15, -0.1) is 0 Å². The smallest absolute Gasteiger partial charge is 0.338 e. The molecule has 1 heterocycles. The third kappa shape index (κ3) is 2.88. The summed E-state index contributed by atoms with van der Waals surface area (Å²) >= 11 is 0. The maximum atomic E-state index is 10.9. The normalized spacial score (nSPS) is 11.1. The van der Waals surface area contributed by atoms with Crippen molar-refractivity contribution in [3.63, 3.8) is 0 Å². The second-order valence-corrected chi connectivity index (χ2v) is 4.16. The Hall–Kier alpha value is -2.43. The summed E-state index contributed by atoms with van der Waals surface area (Å²) in [4.78, 5) is 10.4. The average molecular weight is 258 g/mol. The molecule has 2 rings (SSSR count). The highest BCUT2D eigenvalue weighted by Crippen LogP contribution is 2.24. The highest BCUT2D eigenvalue weighted by molar-refractivity contribution is 5.72. The summed E-state index contributed by atoms with van der Waals surface area (Å²) in [5, 5.41) is 14.6. The van der Waals surface area contributed by atoms with Gasteiger partial charge in [0.2, 0.25) is 5.76 Å². The van der Waals surface area contributed by atoms with Crippen LogP contribution in [0, 0.1) is 17.0 Å². The van der Waals surface area contributed by atoms with Crippen molar-refractivity contribution in [2.45, 2.75) is 20.3 Å². The zero-order valence-electron chi connectivity index (χ0n) is 10.8. The van der Waals surface area contributed by atoms with Crippen LogP contribution >= 0.6 is 0 Å². The maximum absolute atomic E-state index is 10.9. The van der Waals surface area contributed by atoms with Crippen molar-refractivity contribution in [2.75, 3.05) is 0 Å². The van der Waals surface area contributed by atoms with E-state index in [1.807, 2.05) is 24.3 Å². The van der Waals surface area contributed by atoms with Crippen molar-refractivity contribution in [3.05, 3.63) is 57.0 Å². The van der Waals surface area contributed by atoms with Crippen LogP contribution < -0.4 is 0 Å². The van der Waals surface area contributed by atoms with Crippen molar-refractivity contribution < 1.29 is 9.45 Å². The zero-order chi connectivity index (χ0) is 13.8. The van der Waals surface area contributed by atoms with Gasteiger partial charge >= 0.3 is 5.69 Å². The molecule has 0 spiro atoms. The molecule has 0 N–H and O–H groups in total. The van der Waals surface area contributed by atoms with E-state index >= 15 is 0 Å². The van der Waals surface area contributed by atoms with Crippen LogP contribution in [0.2, 0.25) is 0 Å². The van der Waals surface area contributed by atoms with Crippen LogP contribution in [-0.2, 0) is 6.42 Å². The Labute approximate surface area is 110 Å². The van der Waals surface area contributed by atoms with Gasteiger partial charge < -0.3 is 4.52 Å². The molecule has 19 heavy (non-hydrogen) atoms. The topological polar surface area (TPSA) is 69.2 Å². The monoisotopic (exact) mass is 258 g/mol. The third-order valence-electron chi connectivity index (χ3n) is 2.86. The van der Waals surface area contributed by atoms with E-state index in [1.54, 1.807) is 12.2 Å². The van der Waals surface area contributed by atoms with E-state index in [1.165, 1.54) is 12.5 Å². The van der Waals surface area contributed by atoms with Gasteiger partial charge in [0.05, 0.1) is 4.92 Å². The molecule has 98 valence electrons. The summed E-state index contributed by atoms with van der Waals surface area (Å²) < 4.78 is 4.84. The number of hydrogen-bond acceptors (Lipinski definition) is 4. The van der Waals surface area contributed by atoms with Crippen LogP contribution in [0.5, 0.6) is 0 Å². The summed E-state index contributed by atoms with van der Waals surface area (Å²) in [6, 6.07) is 7.99. The van der Waals surface area contributed by atoms with Gasteiger partial charge in [-0.2, -0.15) is 0 Å². The molecular weight excluding hydrogens is 244 g/mol. The molecule has 1 aromatic heterocycles. The van der Waals surface area contributed by atoms with Gasteiger partial charge in [0.15, 0.2) is 5.69 Å². The lowest BCUT2D eigenvalue weighted by Crippen LogP contribution is -1.90. The number of nitro groups is 1.